The predicted octanol–water partition coefficient (Wildman–Crippen LogP) is 3.61. The minimum Gasteiger partial charge on any atom is -0.467 e. The Morgan fingerprint density at radius 2 is 1.93 bits per heavy atom. The number of carbonyl (C=O) groups is 2. The van der Waals surface area contributed by atoms with Crippen LogP contribution in [-0.4, -0.2) is 54.0 Å². The topological polar surface area (TPSA) is 63.0 Å². The van der Waals surface area contributed by atoms with Gasteiger partial charge in [0, 0.05) is 25.6 Å². The van der Waals surface area contributed by atoms with Crippen LogP contribution in [0.15, 0.2) is 22.8 Å². The Kier molecular flexibility index (Phi) is 7.95. The molecule has 0 spiro atoms. The molecule has 1 saturated heterocycles. The van der Waals surface area contributed by atoms with Crippen LogP contribution in [0, 0.1) is 5.92 Å². The maximum Gasteiger partial charge on any atom is 0.242 e. The van der Waals surface area contributed by atoms with E-state index in [1.165, 1.54) is 6.42 Å². The molecular weight excluding hydrogens is 356 g/mol. The van der Waals surface area contributed by atoms with Gasteiger partial charge in [-0.05, 0) is 44.2 Å². The van der Waals surface area contributed by atoms with Crippen molar-refractivity contribution in [3.63, 3.8) is 0 Å². The fraction of sp³-hybridized carbons (Fsp3) is 0.727. The molecule has 2 heterocycles. The second kappa shape index (κ2) is 10.6. The molecule has 3 rings (SSSR count). The molecule has 1 aromatic heterocycles. The summed E-state index contributed by atoms with van der Waals surface area (Å²) in [4.78, 5) is 29.8. The first kappa shape index (κ1) is 20.9. The third-order valence-electron chi connectivity index (χ3n) is 5.81. The van der Waals surface area contributed by atoms with Gasteiger partial charge in [0.25, 0.3) is 0 Å². The number of hydrogen-bond acceptors (Lipinski definition) is 4. The normalized spacial score (nSPS) is 20.2. The fourth-order valence-corrected chi connectivity index (χ4v) is 4.29. The molecule has 0 bridgehead atoms. The molecule has 0 unspecified atom stereocenters. The second-order valence-corrected chi connectivity index (χ2v) is 8.08. The quantitative estimate of drug-likeness (QED) is 0.646. The number of furan rings is 1. The van der Waals surface area contributed by atoms with Gasteiger partial charge in [-0.15, -0.1) is 0 Å². The predicted molar refractivity (Wildman–Crippen MR) is 107 cm³/mol. The molecule has 6 heteroatoms. The van der Waals surface area contributed by atoms with Gasteiger partial charge in [-0.1, -0.05) is 26.2 Å². The summed E-state index contributed by atoms with van der Waals surface area (Å²) in [6.45, 7) is 4.57. The summed E-state index contributed by atoms with van der Waals surface area (Å²) in [6, 6.07) is 3.72. The zero-order valence-corrected chi connectivity index (χ0v) is 17.1. The lowest BCUT2D eigenvalue weighted by atomic mass is 9.88. The van der Waals surface area contributed by atoms with Gasteiger partial charge in [0.2, 0.25) is 11.8 Å². The Bertz CT molecular complexity index is 604. The standard InChI is InChI=1S/C22H34N2O4/c1-2-12-23(22(26)18-8-4-3-5-9-18)17-21(25)24(15-19-10-6-13-27-19)16-20-11-7-14-28-20/h6,10,13,18,20H,2-5,7-9,11-12,14-17H2,1H3/t20-/m1/s1. The molecule has 1 saturated carbocycles. The lowest BCUT2D eigenvalue weighted by Gasteiger charge is -2.31. The van der Waals surface area contributed by atoms with Crippen LogP contribution in [0.4, 0.5) is 0 Å². The Morgan fingerprint density at radius 1 is 1.11 bits per heavy atom. The van der Waals surface area contributed by atoms with E-state index < -0.39 is 0 Å². The Balaban J connectivity index is 1.65. The zero-order valence-electron chi connectivity index (χ0n) is 17.1. The highest BCUT2D eigenvalue weighted by Gasteiger charge is 2.29. The van der Waals surface area contributed by atoms with Gasteiger partial charge >= 0.3 is 0 Å². The molecule has 28 heavy (non-hydrogen) atoms. The van der Waals surface area contributed by atoms with Gasteiger partial charge in [0.05, 0.1) is 25.5 Å². The van der Waals surface area contributed by atoms with Gasteiger partial charge < -0.3 is 19.0 Å². The molecule has 6 nitrogen and oxygen atoms in total. The van der Waals surface area contributed by atoms with Crippen molar-refractivity contribution < 1.29 is 18.7 Å². The summed E-state index contributed by atoms with van der Waals surface area (Å²) >= 11 is 0. The van der Waals surface area contributed by atoms with Crippen LogP contribution in [-0.2, 0) is 20.9 Å². The van der Waals surface area contributed by atoms with E-state index in [1.807, 2.05) is 12.1 Å². The van der Waals surface area contributed by atoms with Gasteiger partial charge in [-0.2, -0.15) is 0 Å². The van der Waals surface area contributed by atoms with Crippen LogP contribution < -0.4 is 0 Å². The molecule has 0 radical (unpaired) electrons. The monoisotopic (exact) mass is 390 g/mol. The van der Waals surface area contributed by atoms with Crippen molar-refractivity contribution in [3.8, 4) is 0 Å². The minimum atomic E-state index is -0.0236. The molecule has 1 aromatic rings. The Morgan fingerprint density at radius 3 is 2.57 bits per heavy atom. The van der Waals surface area contributed by atoms with Crippen molar-refractivity contribution in [2.24, 2.45) is 5.92 Å². The van der Waals surface area contributed by atoms with E-state index >= 15 is 0 Å². The van der Waals surface area contributed by atoms with Crippen LogP contribution in [0.3, 0.4) is 0 Å². The SMILES string of the molecule is CCCN(CC(=O)N(Cc1ccco1)C[C@H]1CCCO1)C(=O)C1CCCCC1. The highest BCUT2D eigenvalue weighted by atomic mass is 16.5. The van der Waals surface area contributed by atoms with Crippen LogP contribution in [0.1, 0.15) is 64.1 Å². The van der Waals surface area contributed by atoms with E-state index in [2.05, 4.69) is 6.92 Å². The van der Waals surface area contributed by atoms with Crippen LogP contribution in [0.5, 0.6) is 0 Å². The van der Waals surface area contributed by atoms with E-state index in [4.69, 9.17) is 9.15 Å². The van der Waals surface area contributed by atoms with E-state index in [9.17, 15) is 9.59 Å². The van der Waals surface area contributed by atoms with E-state index in [0.29, 0.717) is 19.6 Å². The number of rotatable bonds is 9. The average Bonchev–Trinajstić information content (AvgIpc) is 3.41. The van der Waals surface area contributed by atoms with Crippen LogP contribution >= 0.6 is 0 Å². The van der Waals surface area contributed by atoms with Crippen molar-refractivity contribution in [1.29, 1.82) is 0 Å². The van der Waals surface area contributed by atoms with E-state index in [-0.39, 0.29) is 30.4 Å². The Hall–Kier alpha value is -1.82. The molecule has 0 N–H and O–H groups in total. The first-order chi connectivity index (χ1) is 13.7. The average molecular weight is 391 g/mol. The lowest BCUT2D eigenvalue weighted by molar-refractivity contribution is -0.144. The second-order valence-electron chi connectivity index (χ2n) is 8.08. The van der Waals surface area contributed by atoms with Crippen molar-refractivity contribution in [3.05, 3.63) is 24.2 Å². The summed E-state index contributed by atoms with van der Waals surface area (Å²) in [5, 5.41) is 0. The first-order valence-corrected chi connectivity index (χ1v) is 10.9. The summed E-state index contributed by atoms with van der Waals surface area (Å²) < 4.78 is 11.2. The largest absolute Gasteiger partial charge is 0.467 e. The third-order valence-corrected chi connectivity index (χ3v) is 5.81. The van der Waals surface area contributed by atoms with E-state index in [1.54, 1.807) is 16.1 Å². The van der Waals surface area contributed by atoms with E-state index in [0.717, 1.165) is 57.3 Å². The minimum absolute atomic E-state index is 0.0236. The molecule has 156 valence electrons. The molecule has 1 aliphatic heterocycles. The summed E-state index contributed by atoms with van der Waals surface area (Å²) in [5.74, 6) is 0.978. The fourth-order valence-electron chi connectivity index (χ4n) is 4.29. The molecule has 2 amide bonds. The highest BCUT2D eigenvalue weighted by Crippen LogP contribution is 2.25. The number of amides is 2. The molecular formula is C22H34N2O4. The van der Waals surface area contributed by atoms with Crippen molar-refractivity contribution in [2.45, 2.75) is 70.9 Å². The number of hydrogen-bond donors (Lipinski definition) is 0. The van der Waals surface area contributed by atoms with Crippen LogP contribution in [0.2, 0.25) is 0 Å². The smallest absolute Gasteiger partial charge is 0.242 e. The maximum atomic E-state index is 13.2. The highest BCUT2D eigenvalue weighted by molar-refractivity contribution is 5.86. The van der Waals surface area contributed by atoms with Crippen molar-refractivity contribution in [1.82, 2.24) is 9.80 Å². The zero-order chi connectivity index (χ0) is 19.8. The van der Waals surface area contributed by atoms with Gasteiger partial charge in [-0.25, -0.2) is 0 Å². The Labute approximate surface area is 168 Å². The van der Waals surface area contributed by atoms with Crippen LogP contribution in [0.25, 0.3) is 0 Å². The maximum absolute atomic E-state index is 13.2. The third kappa shape index (κ3) is 5.84. The van der Waals surface area contributed by atoms with Crippen molar-refractivity contribution in [2.75, 3.05) is 26.2 Å². The number of nitrogens with zero attached hydrogens (tertiary/aromatic N) is 2. The summed E-state index contributed by atoms with van der Waals surface area (Å²) in [6.07, 6.45) is 9.94. The van der Waals surface area contributed by atoms with Crippen molar-refractivity contribution >= 4 is 11.8 Å². The first-order valence-electron chi connectivity index (χ1n) is 10.9. The molecule has 1 atom stereocenters. The summed E-state index contributed by atoms with van der Waals surface area (Å²) in [7, 11) is 0. The molecule has 1 aliphatic carbocycles. The lowest BCUT2D eigenvalue weighted by Crippen LogP contribution is -2.47. The summed E-state index contributed by atoms with van der Waals surface area (Å²) in [5.41, 5.74) is 0. The number of ether oxygens (including phenoxy) is 1. The van der Waals surface area contributed by atoms with Gasteiger partial charge in [-0.3, -0.25) is 9.59 Å². The molecule has 2 fully saturated rings. The number of carbonyl (C=O) groups excluding carboxylic acids is 2. The van der Waals surface area contributed by atoms with Gasteiger partial charge in [0.1, 0.15) is 5.76 Å². The van der Waals surface area contributed by atoms with Gasteiger partial charge in [0.15, 0.2) is 0 Å². The molecule has 2 aliphatic rings. The molecule has 0 aromatic carbocycles.